The lowest BCUT2D eigenvalue weighted by Gasteiger charge is -2.32. The molecule has 0 radical (unpaired) electrons. The highest BCUT2D eigenvalue weighted by atomic mass is 16.4. The van der Waals surface area contributed by atoms with Gasteiger partial charge in [-0.1, -0.05) is 19.3 Å². The molecule has 154 valence electrons. The van der Waals surface area contributed by atoms with Crippen LogP contribution < -0.4 is 5.32 Å². The number of likely N-dealkylation sites (tertiary alicyclic amines) is 1. The fraction of sp³-hybridized carbons (Fsp3) is 0.700. The Kier molecular flexibility index (Phi) is 6.70. The van der Waals surface area contributed by atoms with Crippen molar-refractivity contribution in [1.82, 2.24) is 20.0 Å². The zero-order valence-corrected chi connectivity index (χ0v) is 16.5. The number of nitrogens with one attached hydrogen (secondary N) is 1. The number of hydrogen-bond acceptors (Lipinski definition) is 4. The Morgan fingerprint density at radius 1 is 1.14 bits per heavy atom. The second-order valence-corrected chi connectivity index (χ2v) is 7.99. The number of nitrogens with zero attached hydrogens (tertiary/aromatic N) is 3. The molecule has 2 amide bonds. The van der Waals surface area contributed by atoms with Crippen molar-refractivity contribution in [2.45, 2.75) is 64.3 Å². The summed E-state index contributed by atoms with van der Waals surface area (Å²) in [5.41, 5.74) is 0.867. The summed E-state index contributed by atoms with van der Waals surface area (Å²) in [5, 5.41) is 16.2. The fourth-order valence-electron chi connectivity index (χ4n) is 4.37. The number of carboxylic acids is 1. The van der Waals surface area contributed by atoms with Gasteiger partial charge in [0.15, 0.2) is 0 Å². The number of carbonyl (C=O) groups is 3. The van der Waals surface area contributed by atoms with Crippen LogP contribution in [0.15, 0.2) is 6.20 Å². The highest BCUT2D eigenvalue weighted by Crippen LogP contribution is 2.26. The fourth-order valence-corrected chi connectivity index (χ4v) is 4.37. The number of hydrogen-bond donors (Lipinski definition) is 2. The van der Waals surface area contributed by atoms with Gasteiger partial charge in [-0.2, -0.15) is 5.10 Å². The minimum absolute atomic E-state index is 0.0245. The van der Waals surface area contributed by atoms with Crippen molar-refractivity contribution in [3.8, 4) is 0 Å². The molecule has 1 saturated carbocycles. The molecule has 28 heavy (non-hydrogen) atoms. The van der Waals surface area contributed by atoms with Gasteiger partial charge in [0.25, 0.3) is 0 Å². The maximum absolute atomic E-state index is 12.4. The van der Waals surface area contributed by atoms with E-state index in [1.165, 1.54) is 25.5 Å². The van der Waals surface area contributed by atoms with E-state index in [1.54, 1.807) is 16.5 Å². The van der Waals surface area contributed by atoms with Gasteiger partial charge in [-0.25, -0.2) is 4.79 Å². The monoisotopic (exact) mass is 390 g/mol. The second kappa shape index (κ2) is 9.21. The van der Waals surface area contributed by atoms with Crippen LogP contribution in [0.4, 0.5) is 0 Å². The molecule has 1 saturated heterocycles. The summed E-state index contributed by atoms with van der Waals surface area (Å²) < 4.78 is 1.76. The Morgan fingerprint density at radius 2 is 1.82 bits per heavy atom. The third kappa shape index (κ3) is 4.91. The summed E-state index contributed by atoms with van der Waals surface area (Å²) in [5.74, 6) is -0.588. The van der Waals surface area contributed by atoms with E-state index in [-0.39, 0.29) is 30.0 Å². The zero-order valence-electron chi connectivity index (χ0n) is 16.5. The first-order valence-electron chi connectivity index (χ1n) is 10.3. The van der Waals surface area contributed by atoms with E-state index in [1.807, 2.05) is 0 Å². The molecule has 0 bridgehead atoms. The van der Waals surface area contributed by atoms with Gasteiger partial charge in [-0.05, 0) is 38.5 Å². The van der Waals surface area contributed by atoms with Crippen LogP contribution in [-0.4, -0.2) is 57.2 Å². The molecular formula is C20H30N4O4. The first kappa shape index (κ1) is 20.4. The number of amides is 2. The third-order valence-corrected chi connectivity index (χ3v) is 6.07. The molecule has 1 aromatic rings. The molecule has 3 rings (SSSR count). The Balaban J connectivity index is 1.42. The van der Waals surface area contributed by atoms with Crippen molar-refractivity contribution in [3.05, 3.63) is 17.5 Å². The average Bonchev–Trinajstić information content (AvgIpc) is 3.08. The Hall–Kier alpha value is -2.38. The third-order valence-electron chi connectivity index (χ3n) is 6.07. The lowest BCUT2D eigenvalue weighted by Crippen LogP contribution is -2.44. The molecule has 8 nitrogen and oxygen atoms in total. The van der Waals surface area contributed by atoms with E-state index >= 15 is 0 Å². The van der Waals surface area contributed by atoms with Crippen LogP contribution in [-0.2, 0) is 9.59 Å². The van der Waals surface area contributed by atoms with Crippen molar-refractivity contribution in [2.75, 3.05) is 19.6 Å². The molecule has 1 aliphatic heterocycles. The molecular weight excluding hydrogens is 360 g/mol. The lowest BCUT2D eigenvalue weighted by atomic mass is 9.87. The number of carbonyl (C=O) groups excluding carboxylic acids is 2. The van der Waals surface area contributed by atoms with Crippen LogP contribution in [0, 0.1) is 12.8 Å². The van der Waals surface area contributed by atoms with Crippen LogP contribution in [0.5, 0.6) is 0 Å². The standard InChI is InChI=1S/C20H30N4O4/c1-14-17(20(27)28)12-22-24(14)16-7-9-23(10-8-16)19(26)13-21-18(25)11-15-5-3-2-4-6-15/h12,15-16H,2-11,13H2,1H3,(H,21,25)(H,27,28). The van der Waals surface area contributed by atoms with Gasteiger partial charge in [0, 0.05) is 19.5 Å². The molecule has 1 aliphatic carbocycles. The van der Waals surface area contributed by atoms with Crippen LogP contribution in [0.25, 0.3) is 0 Å². The van der Waals surface area contributed by atoms with Crippen molar-refractivity contribution in [2.24, 2.45) is 5.92 Å². The number of carboxylic acid groups (broad SMARTS) is 1. The normalized spacial score (nSPS) is 18.8. The van der Waals surface area contributed by atoms with Gasteiger partial charge in [0.1, 0.15) is 5.56 Å². The van der Waals surface area contributed by atoms with Gasteiger partial charge >= 0.3 is 5.97 Å². The summed E-state index contributed by atoms with van der Waals surface area (Å²) in [6.07, 6.45) is 9.27. The smallest absolute Gasteiger partial charge is 0.339 e. The molecule has 0 aromatic carbocycles. The average molecular weight is 390 g/mol. The molecule has 2 heterocycles. The van der Waals surface area contributed by atoms with E-state index in [0.717, 1.165) is 25.7 Å². The summed E-state index contributed by atoms with van der Waals surface area (Å²) in [7, 11) is 0. The quantitative estimate of drug-likeness (QED) is 0.774. The van der Waals surface area contributed by atoms with Crippen molar-refractivity contribution in [3.63, 3.8) is 0 Å². The van der Waals surface area contributed by atoms with E-state index < -0.39 is 5.97 Å². The first-order chi connectivity index (χ1) is 13.5. The molecule has 8 heteroatoms. The van der Waals surface area contributed by atoms with Gasteiger partial charge < -0.3 is 15.3 Å². The topological polar surface area (TPSA) is 105 Å². The summed E-state index contributed by atoms with van der Waals surface area (Å²) >= 11 is 0. The van der Waals surface area contributed by atoms with Gasteiger partial charge in [0.2, 0.25) is 11.8 Å². The van der Waals surface area contributed by atoms with Crippen LogP contribution >= 0.6 is 0 Å². The number of aromatic carboxylic acids is 1. The molecule has 2 N–H and O–H groups in total. The Labute approximate surface area is 165 Å². The summed E-state index contributed by atoms with van der Waals surface area (Å²) in [6, 6.07) is 0.0954. The predicted octanol–water partition coefficient (Wildman–Crippen LogP) is 2.14. The van der Waals surface area contributed by atoms with Crippen LogP contribution in [0.1, 0.15) is 73.5 Å². The minimum Gasteiger partial charge on any atom is -0.478 e. The Morgan fingerprint density at radius 3 is 2.43 bits per heavy atom. The largest absolute Gasteiger partial charge is 0.478 e. The summed E-state index contributed by atoms with van der Waals surface area (Å²) in [4.78, 5) is 37.4. The first-order valence-corrected chi connectivity index (χ1v) is 10.3. The van der Waals surface area contributed by atoms with Crippen LogP contribution in [0.2, 0.25) is 0 Å². The molecule has 0 atom stereocenters. The molecule has 0 unspecified atom stereocenters. The maximum Gasteiger partial charge on any atom is 0.339 e. The van der Waals surface area contributed by atoms with Crippen molar-refractivity contribution < 1.29 is 19.5 Å². The number of aromatic nitrogens is 2. The van der Waals surface area contributed by atoms with E-state index in [2.05, 4.69) is 10.4 Å². The van der Waals surface area contributed by atoms with Gasteiger partial charge in [-0.15, -0.1) is 0 Å². The lowest BCUT2D eigenvalue weighted by molar-refractivity contribution is -0.134. The van der Waals surface area contributed by atoms with Gasteiger partial charge in [-0.3, -0.25) is 14.3 Å². The highest BCUT2D eigenvalue weighted by Gasteiger charge is 2.27. The number of piperidine rings is 1. The van der Waals surface area contributed by atoms with E-state index in [4.69, 9.17) is 5.11 Å². The Bertz CT molecular complexity index is 716. The molecule has 2 aliphatic rings. The van der Waals surface area contributed by atoms with Crippen molar-refractivity contribution >= 4 is 17.8 Å². The SMILES string of the molecule is Cc1c(C(=O)O)cnn1C1CCN(C(=O)CNC(=O)CC2CCCCC2)CC1. The van der Waals surface area contributed by atoms with E-state index in [9.17, 15) is 14.4 Å². The number of rotatable bonds is 6. The molecule has 2 fully saturated rings. The zero-order chi connectivity index (χ0) is 20.1. The second-order valence-electron chi connectivity index (χ2n) is 7.99. The predicted molar refractivity (Wildman–Crippen MR) is 103 cm³/mol. The maximum atomic E-state index is 12.4. The molecule has 1 aromatic heterocycles. The minimum atomic E-state index is -0.972. The van der Waals surface area contributed by atoms with Gasteiger partial charge in [0.05, 0.1) is 24.5 Å². The van der Waals surface area contributed by atoms with Crippen LogP contribution in [0.3, 0.4) is 0 Å². The summed E-state index contributed by atoms with van der Waals surface area (Å²) in [6.45, 7) is 2.99. The van der Waals surface area contributed by atoms with E-state index in [0.29, 0.717) is 31.1 Å². The molecule has 0 spiro atoms. The highest BCUT2D eigenvalue weighted by molar-refractivity contribution is 5.88. The van der Waals surface area contributed by atoms with Crippen molar-refractivity contribution in [1.29, 1.82) is 0 Å².